The Bertz CT molecular complexity index is 475. The third-order valence-electron chi connectivity index (χ3n) is 5.33. The number of aliphatic hydroxyl groups is 1. The molecule has 1 aliphatic rings. The monoisotopic (exact) mass is 381 g/mol. The Morgan fingerprint density at radius 1 is 1.19 bits per heavy atom. The highest BCUT2D eigenvalue weighted by atomic mass is 16.5. The summed E-state index contributed by atoms with van der Waals surface area (Å²) in [5.41, 5.74) is 0.433. The van der Waals surface area contributed by atoms with Crippen molar-refractivity contribution in [2.24, 2.45) is 5.92 Å². The van der Waals surface area contributed by atoms with Crippen LogP contribution in [-0.2, 0) is 14.3 Å². The van der Waals surface area contributed by atoms with Crippen LogP contribution in [0.25, 0.3) is 0 Å². The number of amides is 1. The molecule has 0 aromatic rings. The number of ether oxygens (including phenoxy) is 1. The maximum Gasteiger partial charge on any atom is 0.333 e. The van der Waals surface area contributed by atoms with Gasteiger partial charge in [-0.3, -0.25) is 4.79 Å². The molecule has 1 amide bonds. The Hall–Kier alpha value is -1.36. The van der Waals surface area contributed by atoms with Gasteiger partial charge in [0.05, 0.1) is 12.7 Å². The summed E-state index contributed by atoms with van der Waals surface area (Å²) in [4.78, 5) is 26.2. The number of carbonyl (C=O) groups is 2. The number of esters is 1. The van der Waals surface area contributed by atoms with Crippen molar-refractivity contribution < 1.29 is 19.4 Å². The lowest BCUT2D eigenvalue weighted by Crippen LogP contribution is -2.29. The molecule has 1 rings (SSSR count). The predicted molar refractivity (Wildman–Crippen MR) is 108 cm³/mol. The number of aliphatic hydroxyl groups excluding tert-OH is 1. The summed E-state index contributed by atoms with van der Waals surface area (Å²) in [5.74, 6) is 0.298. The van der Waals surface area contributed by atoms with Crippen LogP contribution in [0.15, 0.2) is 11.6 Å². The van der Waals surface area contributed by atoms with Crippen molar-refractivity contribution in [2.45, 2.75) is 91.1 Å². The molecule has 0 unspecified atom stereocenters. The van der Waals surface area contributed by atoms with E-state index in [2.05, 4.69) is 6.92 Å². The molecule has 1 saturated heterocycles. The molecule has 2 atom stereocenters. The summed E-state index contributed by atoms with van der Waals surface area (Å²) in [5, 5.41) is 8.83. The van der Waals surface area contributed by atoms with Gasteiger partial charge in [0.15, 0.2) is 0 Å². The molecule has 5 heteroatoms. The van der Waals surface area contributed by atoms with Crippen LogP contribution in [0.4, 0.5) is 0 Å². The van der Waals surface area contributed by atoms with Gasteiger partial charge < -0.3 is 14.7 Å². The number of likely N-dealkylation sites (tertiary alicyclic amines) is 1. The lowest BCUT2D eigenvalue weighted by Gasteiger charge is -2.19. The maximum absolute atomic E-state index is 12.4. The Labute approximate surface area is 165 Å². The van der Waals surface area contributed by atoms with Gasteiger partial charge in [0.25, 0.3) is 0 Å². The topological polar surface area (TPSA) is 66.8 Å². The van der Waals surface area contributed by atoms with Gasteiger partial charge >= 0.3 is 5.97 Å². The molecular formula is C22H39NO4. The van der Waals surface area contributed by atoms with Gasteiger partial charge in [0, 0.05) is 25.1 Å². The number of unbranched alkanes of at least 4 members (excludes halogenated alkanes) is 6. The van der Waals surface area contributed by atoms with Crippen LogP contribution in [0.5, 0.6) is 0 Å². The van der Waals surface area contributed by atoms with Crippen LogP contribution < -0.4 is 0 Å². The fourth-order valence-electron chi connectivity index (χ4n) is 3.66. The van der Waals surface area contributed by atoms with Crippen LogP contribution >= 0.6 is 0 Å². The average Bonchev–Trinajstić information content (AvgIpc) is 3.09. The average molecular weight is 382 g/mol. The molecule has 1 heterocycles. The molecule has 1 fully saturated rings. The van der Waals surface area contributed by atoms with Gasteiger partial charge in [-0.25, -0.2) is 4.79 Å². The summed E-state index contributed by atoms with van der Waals surface area (Å²) in [6.45, 7) is 7.21. The van der Waals surface area contributed by atoms with Gasteiger partial charge in [0.2, 0.25) is 5.91 Å². The van der Waals surface area contributed by atoms with E-state index < -0.39 is 0 Å². The van der Waals surface area contributed by atoms with Crippen molar-refractivity contribution >= 4 is 11.9 Å². The van der Waals surface area contributed by atoms with Crippen molar-refractivity contribution in [3.05, 3.63) is 11.6 Å². The number of hydrogen-bond acceptors (Lipinski definition) is 4. The summed E-state index contributed by atoms with van der Waals surface area (Å²) in [6.07, 6.45) is 12.3. The van der Waals surface area contributed by atoms with E-state index in [-0.39, 0.29) is 24.6 Å². The first kappa shape index (κ1) is 23.7. The van der Waals surface area contributed by atoms with E-state index in [4.69, 9.17) is 9.84 Å². The first-order valence-corrected chi connectivity index (χ1v) is 10.7. The van der Waals surface area contributed by atoms with E-state index in [1.165, 1.54) is 38.2 Å². The van der Waals surface area contributed by atoms with Crippen molar-refractivity contribution in [3.8, 4) is 0 Å². The molecular weight excluding hydrogens is 342 g/mol. The first-order valence-electron chi connectivity index (χ1n) is 10.7. The van der Waals surface area contributed by atoms with Gasteiger partial charge in [-0.05, 0) is 45.1 Å². The molecule has 0 radical (unpaired) electrons. The molecule has 0 aliphatic carbocycles. The summed E-state index contributed by atoms with van der Waals surface area (Å²) < 4.78 is 5.42. The summed E-state index contributed by atoms with van der Waals surface area (Å²) in [7, 11) is 0. The quantitative estimate of drug-likeness (QED) is 0.294. The Balaban J connectivity index is 2.20. The second-order valence-electron chi connectivity index (χ2n) is 7.89. The largest absolute Gasteiger partial charge is 0.459 e. The Morgan fingerprint density at radius 3 is 2.52 bits per heavy atom. The number of rotatable bonds is 13. The first-order chi connectivity index (χ1) is 13.0. The minimum atomic E-state index is -0.374. The fourth-order valence-corrected chi connectivity index (χ4v) is 3.66. The van der Waals surface area contributed by atoms with Crippen LogP contribution in [0, 0.1) is 5.92 Å². The molecule has 0 bridgehead atoms. The molecule has 0 saturated carbocycles. The SMILES string of the molecule is CCCCCCCCCC(=O)N1CC[C@H](C[C@H](C)OC(=O)/C(C)=C/CO)C1. The van der Waals surface area contributed by atoms with Crippen molar-refractivity contribution in [1.29, 1.82) is 0 Å². The van der Waals surface area contributed by atoms with Crippen molar-refractivity contribution in [1.82, 2.24) is 4.90 Å². The zero-order valence-electron chi connectivity index (χ0n) is 17.5. The molecule has 5 nitrogen and oxygen atoms in total. The minimum Gasteiger partial charge on any atom is -0.459 e. The zero-order chi connectivity index (χ0) is 20.1. The Kier molecular flexibility index (Phi) is 12.1. The van der Waals surface area contributed by atoms with E-state index in [0.29, 0.717) is 17.9 Å². The van der Waals surface area contributed by atoms with Crippen molar-refractivity contribution in [2.75, 3.05) is 19.7 Å². The van der Waals surface area contributed by atoms with Crippen LogP contribution in [0.2, 0.25) is 0 Å². The highest BCUT2D eigenvalue weighted by Crippen LogP contribution is 2.23. The van der Waals surface area contributed by atoms with E-state index in [0.717, 1.165) is 38.8 Å². The third-order valence-corrected chi connectivity index (χ3v) is 5.33. The third kappa shape index (κ3) is 9.94. The van der Waals surface area contributed by atoms with Crippen LogP contribution in [-0.4, -0.2) is 47.7 Å². The second-order valence-corrected chi connectivity index (χ2v) is 7.89. The van der Waals surface area contributed by atoms with E-state index in [9.17, 15) is 9.59 Å². The molecule has 1 aliphatic heterocycles. The van der Waals surface area contributed by atoms with E-state index >= 15 is 0 Å². The Morgan fingerprint density at radius 2 is 1.85 bits per heavy atom. The summed E-state index contributed by atoms with van der Waals surface area (Å²) in [6, 6.07) is 0. The van der Waals surface area contributed by atoms with E-state index in [1.54, 1.807) is 6.92 Å². The minimum absolute atomic E-state index is 0.159. The van der Waals surface area contributed by atoms with Gasteiger partial charge in [0.1, 0.15) is 0 Å². The standard InChI is InChI=1S/C22H39NO4/c1-4-5-6-7-8-9-10-11-21(25)23-14-12-20(17-23)16-19(3)27-22(26)18(2)13-15-24/h13,19-20,24H,4-12,14-17H2,1-3H3/b18-13+/t19-,20+/m0/s1. The second kappa shape index (κ2) is 13.8. The normalized spacial score (nSPS) is 18.6. The van der Waals surface area contributed by atoms with Gasteiger partial charge in [-0.15, -0.1) is 0 Å². The number of hydrogen-bond donors (Lipinski definition) is 1. The van der Waals surface area contributed by atoms with Gasteiger partial charge in [-0.2, -0.15) is 0 Å². The number of nitrogens with zero attached hydrogens (tertiary/aromatic N) is 1. The van der Waals surface area contributed by atoms with Crippen LogP contribution in [0.3, 0.4) is 0 Å². The maximum atomic E-state index is 12.4. The molecule has 0 aromatic carbocycles. The molecule has 0 spiro atoms. The molecule has 156 valence electrons. The molecule has 27 heavy (non-hydrogen) atoms. The lowest BCUT2D eigenvalue weighted by molar-refractivity contribution is -0.144. The highest BCUT2D eigenvalue weighted by molar-refractivity contribution is 5.87. The zero-order valence-corrected chi connectivity index (χ0v) is 17.5. The fraction of sp³-hybridized carbons (Fsp3) is 0.818. The highest BCUT2D eigenvalue weighted by Gasteiger charge is 2.27. The van der Waals surface area contributed by atoms with Crippen molar-refractivity contribution in [3.63, 3.8) is 0 Å². The van der Waals surface area contributed by atoms with Gasteiger partial charge in [-0.1, -0.05) is 45.4 Å². The lowest BCUT2D eigenvalue weighted by atomic mass is 10.0. The molecule has 1 N–H and O–H groups in total. The van der Waals surface area contributed by atoms with E-state index in [1.807, 2.05) is 11.8 Å². The smallest absolute Gasteiger partial charge is 0.333 e. The molecule has 0 aromatic heterocycles. The predicted octanol–water partition coefficient (Wildman–Crippen LogP) is 4.24. The van der Waals surface area contributed by atoms with Crippen LogP contribution in [0.1, 0.15) is 85.0 Å². The number of carbonyl (C=O) groups excluding carboxylic acids is 2. The summed E-state index contributed by atoms with van der Waals surface area (Å²) >= 11 is 0.